The van der Waals surface area contributed by atoms with Crippen molar-refractivity contribution in [2.45, 2.75) is 26.2 Å². The second-order valence-electron chi connectivity index (χ2n) is 4.50. The van der Waals surface area contributed by atoms with E-state index in [4.69, 9.17) is 0 Å². The van der Waals surface area contributed by atoms with Gasteiger partial charge in [-0.05, 0) is 0 Å². The number of benzene rings is 1. The Kier molecular flexibility index (Phi) is 6.04. The van der Waals surface area contributed by atoms with Crippen molar-refractivity contribution in [1.82, 2.24) is 0 Å². The van der Waals surface area contributed by atoms with Gasteiger partial charge in [-0.2, -0.15) is 0 Å². The van der Waals surface area contributed by atoms with Crippen molar-refractivity contribution in [2.75, 3.05) is 0 Å². The molecule has 1 aromatic rings. The fraction of sp³-hybridized carbons (Fsp3) is 0.333. The quantitative estimate of drug-likeness (QED) is 0.440. The Morgan fingerprint density at radius 3 is 1.74 bits per heavy atom. The van der Waals surface area contributed by atoms with Crippen LogP contribution < -0.4 is 3.12 Å². The molecule has 0 aliphatic carbocycles. The molecule has 0 amide bonds. The molecule has 0 aromatic heterocycles. The third-order valence-corrected chi connectivity index (χ3v) is 10.3. The van der Waals surface area contributed by atoms with Crippen LogP contribution in [-0.4, -0.2) is 47.9 Å². The van der Waals surface area contributed by atoms with E-state index in [1.54, 1.807) is 6.07 Å². The van der Waals surface area contributed by atoms with Crippen molar-refractivity contribution < 1.29 is 41.3 Å². The van der Waals surface area contributed by atoms with Crippen LogP contribution in [0.4, 0.5) is 26.3 Å². The summed E-state index contributed by atoms with van der Waals surface area (Å²) >= 11 is -5.10. The van der Waals surface area contributed by atoms with E-state index in [-0.39, 0.29) is 8.69 Å². The molecule has 0 heterocycles. The monoisotopic (exact) mass is 536 g/mol. The van der Waals surface area contributed by atoms with Gasteiger partial charge in [0.2, 0.25) is 0 Å². The van der Waals surface area contributed by atoms with Gasteiger partial charge in [-0.3, -0.25) is 0 Å². The average Bonchev–Trinajstić information content (AvgIpc) is 2.38. The molecule has 0 saturated carbocycles. The predicted octanol–water partition coefficient (Wildman–Crippen LogP) is 2.21. The Morgan fingerprint density at radius 2 is 1.35 bits per heavy atom. The first-order valence-electron chi connectivity index (χ1n) is 5.95. The Labute approximate surface area is 135 Å². The second-order valence-corrected chi connectivity index (χ2v) is 11.3. The van der Waals surface area contributed by atoms with Crippen LogP contribution >= 0.6 is 0 Å². The molecule has 1 aromatic carbocycles. The molecule has 0 fully saturated rings. The Bertz CT molecular complexity index is 583. The molecule has 23 heavy (non-hydrogen) atoms. The maximum atomic E-state index is 12.3. The molecule has 0 aliphatic heterocycles. The first kappa shape index (κ1) is 19.7. The summed E-state index contributed by atoms with van der Waals surface area (Å²) in [5, 5.41) is 0. The fourth-order valence-corrected chi connectivity index (χ4v) is 8.59. The SMILES string of the molecule is Cc1ccc(C)[c]([Tl]([O]C(=O)C(F)(F)F)[O]C(=O)C(F)(F)F)c1. The van der Waals surface area contributed by atoms with Crippen molar-refractivity contribution in [3.8, 4) is 0 Å². The number of halogens is 6. The van der Waals surface area contributed by atoms with Gasteiger partial charge in [0.05, 0.1) is 0 Å². The third-order valence-electron chi connectivity index (χ3n) is 2.58. The molecule has 126 valence electrons. The maximum absolute atomic E-state index is 12.3. The van der Waals surface area contributed by atoms with Gasteiger partial charge in [-0.15, -0.1) is 0 Å². The van der Waals surface area contributed by atoms with Crippen LogP contribution in [0.3, 0.4) is 0 Å². The van der Waals surface area contributed by atoms with E-state index in [9.17, 15) is 35.9 Å². The second kappa shape index (κ2) is 7.05. The van der Waals surface area contributed by atoms with Crippen LogP contribution in [0, 0.1) is 13.8 Å². The molecule has 0 atom stereocenters. The number of aryl methyl sites for hydroxylation is 2. The van der Waals surface area contributed by atoms with Gasteiger partial charge in [-0.25, -0.2) is 0 Å². The van der Waals surface area contributed by atoms with Crippen LogP contribution in [0.25, 0.3) is 0 Å². The van der Waals surface area contributed by atoms with E-state index in [0.717, 1.165) is 0 Å². The summed E-state index contributed by atoms with van der Waals surface area (Å²) in [6, 6.07) is 4.22. The summed E-state index contributed by atoms with van der Waals surface area (Å²) in [6.45, 7) is 2.93. The van der Waals surface area contributed by atoms with Crippen molar-refractivity contribution in [3.63, 3.8) is 0 Å². The van der Waals surface area contributed by atoms with Gasteiger partial charge in [0.15, 0.2) is 0 Å². The normalized spacial score (nSPS) is 11.8. The molecule has 0 aliphatic rings. The Balaban J connectivity index is 3.18. The number of alkyl halides is 6. The topological polar surface area (TPSA) is 52.6 Å². The minimum atomic E-state index is -5.40. The van der Waals surface area contributed by atoms with Gasteiger partial charge < -0.3 is 0 Å². The zero-order valence-electron chi connectivity index (χ0n) is 11.7. The van der Waals surface area contributed by atoms with Crippen LogP contribution in [-0.2, 0) is 15.0 Å². The van der Waals surface area contributed by atoms with Crippen LogP contribution in [0.5, 0.6) is 0 Å². The van der Waals surface area contributed by atoms with Gasteiger partial charge in [-0.1, -0.05) is 0 Å². The van der Waals surface area contributed by atoms with E-state index < -0.39 is 47.9 Å². The number of hydrogen-bond acceptors (Lipinski definition) is 4. The van der Waals surface area contributed by atoms with Crippen molar-refractivity contribution in [2.24, 2.45) is 0 Å². The summed E-state index contributed by atoms with van der Waals surface area (Å²) in [6.07, 6.45) is -10.8. The molecule has 0 saturated heterocycles. The standard InChI is InChI=1S/C8H9.2C2HF3O2.Tl/c1-7-3-5-8(2)6-4-7;2*3-2(4,5)1(6)7;/h3-5H,1-2H3;2*(H,6,7);/q;;;+2/p-2. The van der Waals surface area contributed by atoms with Crippen LogP contribution in [0.2, 0.25) is 0 Å². The van der Waals surface area contributed by atoms with Crippen LogP contribution in [0.15, 0.2) is 18.2 Å². The zero-order valence-corrected chi connectivity index (χ0v) is 16.2. The summed E-state index contributed by atoms with van der Waals surface area (Å²) in [5.41, 5.74) is 0.772. The van der Waals surface area contributed by atoms with E-state index in [2.05, 4.69) is 5.37 Å². The summed E-state index contributed by atoms with van der Waals surface area (Å²) in [4.78, 5) is 21.8. The van der Waals surface area contributed by atoms with E-state index in [0.29, 0.717) is 5.56 Å². The fourth-order valence-electron chi connectivity index (χ4n) is 1.49. The van der Waals surface area contributed by atoms with Crippen LogP contribution in [0.1, 0.15) is 11.1 Å². The first-order chi connectivity index (χ1) is 10.3. The van der Waals surface area contributed by atoms with Crippen molar-refractivity contribution in [3.05, 3.63) is 29.3 Å². The molecule has 0 spiro atoms. The number of hydrogen-bond donors (Lipinski definition) is 0. The molecule has 1 rings (SSSR count). The van der Waals surface area contributed by atoms with Gasteiger partial charge >= 0.3 is 136 Å². The van der Waals surface area contributed by atoms with E-state index in [1.165, 1.54) is 26.0 Å². The van der Waals surface area contributed by atoms with Gasteiger partial charge in [0.25, 0.3) is 0 Å². The molecule has 0 bridgehead atoms. The average molecular weight is 536 g/mol. The Morgan fingerprint density at radius 1 is 0.913 bits per heavy atom. The van der Waals surface area contributed by atoms with Crippen molar-refractivity contribution >= 4 is 38.7 Å². The summed E-state index contributed by atoms with van der Waals surface area (Å²) < 4.78 is 81.8. The van der Waals surface area contributed by atoms with Crippen molar-refractivity contribution in [1.29, 1.82) is 0 Å². The predicted molar refractivity (Wildman–Crippen MR) is 65.6 cm³/mol. The van der Waals surface area contributed by atoms with E-state index >= 15 is 0 Å². The molecular weight excluding hydrogens is 526 g/mol. The minimum absolute atomic E-state index is 0.0831. The summed E-state index contributed by atoms with van der Waals surface area (Å²) in [7, 11) is 0. The van der Waals surface area contributed by atoms with E-state index in [1.807, 2.05) is 0 Å². The molecular formula is C12H9F6O4Tl. The third kappa shape index (κ3) is 5.66. The van der Waals surface area contributed by atoms with Gasteiger partial charge in [0, 0.05) is 0 Å². The zero-order chi connectivity index (χ0) is 18.0. The van der Waals surface area contributed by atoms with Gasteiger partial charge in [0.1, 0.15) is 0 Å². The number of carbonyl (C=O) groups is 2. The molecule has 0 N–H and O–H groups in total. The number of carbonyl (C=O) groups excluding carboxylic acids is 2. The molecule has 0 unspecified atom stereocenters. The Hall–Kier alpha value is -1.34. The molecule has 11 heteroatoms. The summed E-state index contributed by atoms with van der Waals surface area (Å²) in [5.74, 6) is -5.36. The first-order valence-corrected chi connectivity index (χ1v) is 11.9. The molecule has 0 radical (unpaired) electrons. The number of rotatable bonds is 3. The molecule has 4 nitrogen and oxygen atoms in total.